The Morgan fingerprint density at radius 3 is 2.31 bits per heavy atom. The maximum atomic E-state index is 13.0. The molecule has 0 aliphatic carbocycles. The van der Waals surface area contributed by atoms with Gasteiger partial charge in [-0.05, 0) is 12.1 Å². The van der Waals surface area contributed by atoms with E-state index in [1.54, 1.807) is 0 Å². The molecule has 0 saturated heterocycles. The standard InChI is InChI=1S/C9H3F4NO2/c10-3-1-2-4-5(6(3)9(11,12)13)7(15)8(16)14-4/h1-2H,(H,14,15,16). The van der Waals surface area contributed by atoms with Crippen molar-refractivity contribution in [2.24, 2.45) is 0 Å². The number of fused-ring (bicyclic) bond motifs is 1. The van der Waals surface area contributed by atoms with Crippen LogP contribution in [0.4, 0.5) is 23.2 Å². The van der Waals surface area contributed by atoms with Crippen molar-refractivity contribution in [3.63, 3.8) is 0 Å². The Bertz CT molecular complexity index is 507. The highest BCUT2D eigenvalue weighted by atomic mass is 19.4. The summed E-state index contributed by atoms with van der Waals surface area (Å²) in [6.07, 6.45) is -5.02. The Kier molecular flexibility index (Phi) is 2.01. The maximum Gasteiger partial charge on any atom is 0.420 e. The second-order valence-electron chi connectivity index (χ2n) is 3.13. The molecule has 0 atom stereocenters. The number of rotatable bonds is 0. The molecule has 3 nitrogen and oxygen atoms in total. The topological polar surface area (TPSA) is 46.2 Å². The molecule has 0 aromatic heterocycles. The molecule has 84 valence electrons. The van der Waals surface area contributed by atoms with Crippen LogP contribution in [0.5, 0.6) is 0 Å². The van der Waals surface area contributed by atoms with Gasteiger partial charge in [-0.15, -0.1) is 0 Å². The van der Waals surface area contributed by atoms with Crippen molar-refractivity contribution in [1.29, 1.82) is 0 Å². The van der Waals surface area contributed by atoms with Crippen molar-refractivity contribution in [1.82, 2.24) is 0 Å². The normalized spacial score (nSPS) is 15.0. The second-order valence-corrected chi connectivity index (χ2v) is 3.13. The SMILES string of the molecule is O=C1Nc2ccc(F)c(C(F)(F)F)c2C1=O. The second kappa shape index (κ2) is 3.03. The Balaban J connectivity index is 2.76. The summed E-state index contributed by atoms with van der Waals surface area (Å²) >= 11 is 0. The lowest BCUT2D eigenvalue weighted by Gasteiger charge is -2.10. The summed E-state index contributed by atoms with van der Waals surface area (Å²) < 4.78 is 50.4. The molecule has 0 fully saturated rings. The first-order valence-electron chi connectivity index (χ1n) is 4.07. The molecular formula is C9H3F4NO2. The monoisotopic (exact) mass is 233 g/mol. The zero-order valence-corrected chi connectivity index (χ0v) is 7.48. The molecule has 0 unspecified atom stereocenters. The minimum atomic E-state index is -5.02. The number of benzene rings is 1. The molecular weight excluding hydrogens is 230 g/mol. The highest BCUT2D eigenvalue weighted by Crippen LogP contribution is 2.39. The van der Waals surface area contributed by atoms with Crippen LogP contribution in [0.25, 0.3) is 0 Å². The number of alkyl halides is 3. The average molecular weight is 233 g/mol. The summed E-state index contributed by atoms with van der Waals surface area (Å²) in [6.45, 7) is 0. The van der Waals surface area contributed by atoms with Gasteiger partial charge in [0.25, 0.3) is 11.7 Å². The van der Waals surface area contributed by atoms with Crippen LogP contribution in [0.2, 0.25) is 0 Å². The number of Topliss-reactive ketones (excluding diaryl/α,β-unsaturated/α-hetero) is 1. The Hall–Kier alpha value is -1.92. The quantitative estimate of drug-likeness (QED) is 0.550. The van der Waals surface area contributed by atoms with Gasteiger partial charge >= 0.3 is 6.18 Å². The smallest absolute Gasteiger partial charge is 0.318 e. The summed E-state index contributed by atoms with van der Waals surface area (Å²) in [5.74, 6) is -4.14. The number of hydrogen-bond donors (Lipinski definition) is 1. The first-order valence-corrected chi connectivity index (χ1v) is 4.07. The summed E-state index contributed by atoms with van der Waals surface area (Å²) in [4.78, 5) is 22.0. The predicted octanol–water partition coefficient (Wildman–Crippen LogP) is 1.98. The van der Waals surface area contributed by atoms with Crippen LogP contribution in [0.1, 0.15) is 15.9 Å². The predicted molar refractivity (Wildman–Crippen MR) is 44.4 cm³/mol. The van der Waals surface area contributed by atoms with Gasteiger partial charge in [0, 0.05) is 0 Å². The van der Waals surface area contributed by atoms with Crippen LogP contribution >= 0.6 is 0 Å². The van der Waals surface area contributed by atoms with E-state index in [0.717, 1.165) is 6.07 Å². The van der Waals surface area contributed by atoms with E-state index < -0.39 is 34.8 Å². The Labute approximate surface area is 86.1 Å². The number of nitrogens with one attached hydrogen (secondary N) is 1. The number of carbonyl (C=O) groups excluding carboxylic acids is 2. The van der Waals surface area contributed by atoms with Gasteiger partial charge in [0.2, 0.25) is 0 Å². The minimum absolute atomic E-state index is 0.316. The van der Waals surface area contributed by atoms with Crippen molar-refractivity contribution in [3.8, 4) is 0 Å². The molecule has 0 spiro atoms. The van der Waals surface area contributed by atoms with Crippen molar-refractivity contribution in [2.75, 3.05) is 5.32 Å². The fourth-order valence-electron chi connectivity index (χ4n) is 1.49. The molecule has 0 radical (unpaired) electrons. The lowest BCUT2D eigenvalue weighted by Crippen LogP contribution is -2.17. The lowest BCUT2D eigenvalue weighted by molar-refractivity contribution is -0.140. The van der Waals surface area contributed by atoms with Crippen LogP contribution in [-0.4, -0.2) is 11.7 Å². The third kappa shape index (κ3) is 1.36. The van der Waals surface area contributed by atoms with Gasteiger partial charge in [-0.2, -0.15) is 13.2 Å². The maximum absolute atomic E-state index is 13.0. The number of halogens is 4. The van der Waals surface area contributed by atoms with Gasteiger partial charge < -0.3 is 5.32 Å². The fourth-order valence-corrected chi connectivity index (χ4v) is 1.49. The Morgan fingerprint density at radius 2 is 1.75 bits per heavy atom. The van der Waals surface area contributed by atoms with Gasteiger partial charge in [0.15, 0.2) is 0 Å². The van der Waals surface area contributed by atoms with E-state index in [2.05, 4.69) is 0 Å². The van der Waals surface area contributed by atoms with Gasteiger partial charge in [0.05, 0.1) is 11.3 Å². The van der Waals surface area contributed by atoms with Gasteiger partial charge in [-0.25, -0.2) is 4.39 Å². The third-order valence-corrected chi connectivity index (χ3v) is 2.12. The highest BCUT2D eigenvalue weighted by Gasteiger charge is 2.43. The molecule has 0 bridgehead atoms. The molecule has 1 aliphatic rings. The van der Waals surface area contributed by atoms with Crippen molar-refractivity contribution in [2.45, 2.75) is 6.18 Å². The summed E-state index contributed by atoms with van der Waals surface area (Å²) in [7, 11) is 0. The summed E-state index contributed by atoms with van der Waals surface area (Å²) in [6, 6.07) is 1.48. The number of hydrogen-bond acceptors (Lipinski definition) is 2. The van der Waals surface area contributed by atoms with E-state index in [9.17, 15) is 27.2 Å². The number of ketones is 1. The van der Waals surface area contributed by atoms with Gasteiger partial charge in [-0.1, -0.05) is 0 Å². The van der Waals surface area contributed by atoms with Crippen molar-refractivity contribution >= 4 is 17.4 Å². The van der Waals surface area contributed by atoms with E-state index in [1.807, 2.05) is 5.32 Å². The molecule has 1 aromatic carbocycles. The van der Waals surface area contributed by atoms with Crippen molar-refractivity contribution in [3.05, 3.63) is 29.1 Å². The van der Waals surface area contributed by atoms with Gasteiger partial charge in [0.1, 0.15) is 11.4 Å². The van der Waals surface area contributed by atoms with Gasteiger partial charge in [-0.3, -0.25) is 9.59 Å². The van der Waals surface area contributed by atoms with E-state index in [0.29, 0.717) is 6.07 Å². The number of anilines is 1. The van der Waals surface area contributed by atoms with Crippen LogP contribution in [-0.2, 0) is 11.0 Å². The van der Waals surface area contributed by atoms with E-state index in [4.69, 9.17) is 0 Å². The summed E-state index contributed by atoms with van der Waals surface area (Å²) in [5.41, 5.74) is -2.96. The van der Waals surface area contributed by atoms with Crippen molar-refractivity contribution < 1.29 is 27.2 Å². The third-order valence-electron chi connectivity index (χ3n) is 2.12. The zero-order valence-electron chi connectivity index (χ0n) is 7.48. The molecule has 1 N–H and O–H groups in total. The minimum Gasteiger partial charge on any atom is -0.318 e. The molecule has 2 rings (SSSR count). The van der Waals surface area contributed by atoms with E-state index in [1.165, 1.54) is 0 Å². The van der Waals surface area contributed by atoms with Crippen LogP contribution in [0.15, 0.2) is 12.1 Å². The summed E-state index contributed by atoms with van der Waals surface area (Å²) in [5, 5.41) is 1.93. The first-order chi connectivity index (χ1) is 7.32. The molecule has 16 heavy (non-hydrogen) atoms. The molecule has 0 saturated carbocycles. The number of carbonyl (C=O) groups is 2. The largest absolute Gasteiger partial charge is 0.420 e. The van der Waals surface area contributed by atoms with E-state index in [-0.39, 0.29) is 5.69 Å². The van der Waals surface area contributed by atoms with Crippen LogP contribution in [0, 0.1) is 5.82 Å². The molecule has 1 aromatic rings. The lowest BCUT2D eigenvalue weighted by atomic mass is 10.0. The van der Waals surface area contributed by atoms with Crippen LogP contribution in [0.3, 0.4) is 0 Å². The highest BCUT2D eigenvalue weighted by molar-refractivity contribution is 6.52. The molecule has 1 aliphatic heterocycles. The molecule has 1 amide bonds. The first kappa shape index (κ1) is 10.6. The van der Waals surface area contributed by atoms with Crippen LogP contribution < -0.4 is 5.32 Å². The molecule has 1 heterocycles. The average Bonchev–Trinajstić information content (AvgIpc) is 2.42. The zero-order chi connectivity index (χ0) is 12.1. The number of amides is 1. The fraction of sp³-hybridized carbons (Fsp3) is 0.111. The molecule has 7 heteroatoms. The Morgan fingerprint density at radius 1 is 1.12 bits per heavy atom. The van der Waals surface area contributed by atoms with E-state index >= 15 is 0 Å².